The summed E-state index contributed by atoms with van der Waals surface area (Å²) in [5.41, 5.74) is 0. The molecule has 3 rings (SSSR count). The zero-order valence-corrected chi connectivity index (χ0v) is 28.0. The highest BCUT2D eigenvalue weighted by Crippen LogP contribution is 2.32. The molecule has 0 aliphatic carbocycles. The van der Waals surface area contributed by atoms with E-state index < -0.39 is 96.9 Å². The summed E-state index contributed by atoms with van der Waals surface area (Å²) in [6.45, 7) is 12.3. The summed E-state index contributed by atoms with van der Waals surface area (Å²) in [6, 6.07) is 0. The number of rotatable bonds is 8. The molecule has 0 spiro atoms. The predicted molar refractivity (Wildman–Crippen MR) is 156 cm³/mol. The standard InChI is InChI=1S/C15H22O9.C11H18O7.C4H8O/c1-7-12(6-20-8(2)16)24-15(23-11(5)19)14(22-10(4)18)13(7)21-9(3)17;1-5-8(4-16-6(2)12)18-11(17-7(3)13)10(15)9(5)14;1-2-4-5-3-1/h7,12-15H,6H2,1-5H3;5,8-11,14-15H,4H2,1-3H3;1-4H2/t7-,12?,13+,14?,15-;5-,8?,9+,10?,11-;/m11./s1. The number of ether oxygens (including phenoxy) is 9. The summed E-state index contributed by atoms with van der Waals surface area (Å²) in [5.74, 6) is -4.47. The maximum atomic E-state index is 11.4. The highest BCUT2D eigenvalue weighted by atomic mass is 16.7. The van der Waals surface area contributed by atoms with E-state index >= 15 is 0 Å². The summed E-state index contributed by atoms with van der Waals surface area (Å²) in [4.78, 5) is 66.6. The topological polar surface area (TPSA) is 226 Å². The van der Waals surface area contributed by atoms with E-state index in [2.05, 4.69) is 0 Å². The molecule has 17 nitrogen and oxygen atoms in total. The van der Waals surface area contributed by atoms with Gasteiger partial charge in [0, 0.05) is 66.6 Å². The Morgan fingerprint density at radius 1 is 0.553 bits per heavy atom. The van der Waals surface area contributed by atoms with E-state index in [1.165, 1.54) is 47.5 Å². The molecule has 0 aromatic carbocycles. The third-order valence-corrected chi connectivity index (χ3v) is 6.97. The predicted octanol–water partition coefficient (Wildman–Crippen LogP) is 0.329. The van der Waals surface area contributed by atoms with E-state index in [1.54, 1.807) is 13.8 Å². The van der Waals surface area contributed by atoms with Crippen LogP contribution in [-0.2, 0) is 71.4 Å². The van der Waals surface area contributed by atoms with Crippen molar-refractivity contribution >= 4 is 35.8 Å². The Balaban J connectivity index is 0.000000419. The molecule has 17 heteroatoms. The van der Waals surface area contributed by atoms with Crippen molar-refractivity contribution in [2.45, 2.75) is 117 Å². The van der Waals surface area contributed by atoms with Crippen LogP contribution in [0.4, 0.5) is 0 Å². The molecule has 0 aromatic rings. The minimum atomic E-state index is -1.32. The highest BCUT2D eigenvalue weighted by Gasteiger charge is 2.50. The van der Waals surface area contributed by atoms with Gasteiger partial charge in [-0.15, -0.1) is 0 Å². The van der Waals surface area contributed by atoms with Crippen molar-refractivity contribution < 1.29 is 81.6 Å². The molecule has 0 aromatic heterocycles. The first kappa shape index (κ1) is 41.6. The molecule has 10 atom stereocenters. The number of hydrogen-bond donors (Lipinski definition) is 2. The van der Waals surface area contributed by atoms with Gasteiger partial charge in [-0.05, 0) is 12.8 Å². The number of aliphatic hydroxyl groups excluding tert-OH is 2. The Bertz CT molecular complexity index is 1030. The van der Waals surface area contributed by atoms with E-state index in [0.29, 0.717) is 0 Å². The first-order valence-electron chi connectivity index (χ1n) is 15.1. The van der Waals surface area contributed by atoms with Crippen molar-refractivity contribution in [3.63, 3.8) is 0 Å². The third kappa shape index (κ3) is 15.4. The van der Waals surface area contributed by atoms with E-state index in [1.807, 2.05) is 0 Å². The summed E-state index contributed by atoms with van der Waals surface area (Å²) in [5, 5.41) is 19.5. The number of esters is 6. The van der Waals surface area contributed by atoms with Crippen molar-refractivity contribution in [1.29, 1.82) is 0 Å². The smallest absolute Gasteiger partial charge is 0.305 e. The van der Waals surface area contributed by atoms with Crippen molar-refractivity contribution in [3.05, 3.63) is 0 Å². The lowest BCUT2D eigenvalue weighted by Gasteiger charge is -2.43. The Labute approximate surface area is 273 Å². The zero-order valence-electron chi connectivity index (χ0n) is 28.0. The van der Waals surface area contributed by atoms with Gasteiger partial charge in [0.15, 0.2) is 0 Å². The third-order valence-electron chi connectivity index (χ3n) is 6.97. The van der Waals surface area contributed by atoms with E-state index in [0.717, 1.165) is 20.1 Å². The molecule has 47 heavy (non-hydrogen) atoms. The monoisotopic (exact) mass is 680 g/mol. The molecule has 0 amide bonds. The van der Waals surface area contributed by atoms with Gasteiger partial charge >= 0.3 is 35.8 Å². The van der Waals surface area contributed by atoms with Crippen molar-refractivity contribution in [1.82, 2.24) is 0 Å². The Hall–Kier alpha value is -3.38. The fraction of sp³-hybridized carbons (Fsp3) is 0.800. The molecule has 0 saturated carbocycles. The van der Waals surface area contributed by atoms with Crippen LogP contribution in [0.15, 0.2) is 0 Å². The summed E-state index contributed by atoms with van der Waals surface area (Å²) < 4.78 is 45.7. The number of aliphatic hydroxyl groups is 2. The Kier molecular flexibility index (Phi) is 18.4. The van der Waals surface area contributed by atoms with Crippen LogP contribution in [0, 0.1) is 11.8 Å². The molecule has 3 saturated heterocycles. The lowest BCUT2D eigenvalue weighted by Crippen LogP contribution is -2.58. The zero-order chi connectivity index (χ0) is 35.8. The van der Waals surface area contributed by atoms with Crippen LogP contribution in [0.3, 0.4) is 0 Å². The SMILES string of the molecule is C1CCOC1.CC(=O)OCC1O[C@@H](OC(C)=O)C(O)[C@@H](O)[C@@H]1C.CC(=O)OCC1O[C@@H](OC(C)=O)C(OC(C)=O)[C@@H](OC(C)=O)[C@@H]1C. The van der Waals surface area contributed by atoms with Crippen molar-refractivity contribution in [3.8, 4) is 0 Å². The first-order valence-corrected chi connectivity index (χ1v) is 15.1. The van der Waals surface area contributed by atoms with Crippen LogP contribution in [0.1, 0.15) is 68.2 Å². The average Bonchev–Trinajstić information content (AvgIpc) is 3.55. The maximum absolute atomic E-state index is 11.4. The van der Waals surface area contributed by atoms with Crippen molar-refractivity contribution in [2.75, 3.05) is 26.4 Å². The van der Waals surface area contributed by atoms with Crippen LogP contribution < -0.4 is 0 Å². The average molecular weight is 681 g/mol. The van der Waals surface area contributed by atoms with Crippen LogP contribution in [0.25, 0.3) is 0 Å². The van der Waals surface area contributed by atoms with Crippen LogP contribution in [0.5, 0.6) is 0 Å². The summed E-state index contributed by atoms with van der Waals surface area (Å²) in [6.07, 6.45) is -5.84. The lowest BCUT2D eigenvalue weighted by molar-refractivity contribution is -0.286. The molecule has 3 fully saturated rings. The maximum Gasteiger partial charge on any atom is 0.305 e. The van der Waals surface area contributed by atoms with Gasteiger partial charge in [0.05, 0.1) is 6.10 Å². The molecule has 3 aliphatic rings. The molecule has 0 radical (unpaired) electrons. The fourth-order valence-electron chi connectivity index (χ4n) is 4.60. The second-order valence-corrected chi connectivity index (χ2v) is 11.1. The van der Waals surface area contributed by atoms with Gasteiger partial charge in [0.1, 0.15) is 37.6 Å². The second kappa shape index (κ2) is 20.8. The van der Waals surface area contributed by atoms with Gasteiger partial charge in [-0.1, -0.05) is 13.8 Å². The fourth-order valence-corrected chi connectivity index (χ4v) is 4.60. The van der Waals surface area contributed by atoms with Gasteiger partial charge in [-0.25, -0.2) is 0 Å². The number of carbonyl (C=O) groups is 6. The second-order valence-electron chi connectivity index (χ2n) is 11.1. The first-order chi connectivity index (χ1) is 21.9. The Morgan fingerprint density at radius 3 is 1.36 bits per heavy atom. The van der Waals surface area contributed by atoms with Crippen LogP contribution in [-0.4, -0.2) is 122 Å². The molecule has 2 N–H and O–H groups in total. The van der Waals surface area contributed by atoms with E-state index in [9.17, 15) is 39.0 Å². The largest absolute Gasteiger partial charge is 0.463 e. The minimum absolute atomic E-state index is 0.0714. The molecule has 4 unspecified atom stereocenters. The van der Waals surface area contributed by atoms with Crippen molar-refractivity contribution in [2.24, 2.45) is 11.8 Å². The van der Waals surface area contributed by atoms with Gasteiger partial charge in [0.2, 0.25) is 18.7 Å². The molecular weight excluding hydrogens is 632 g/mol. The van der Waals surface area contributed by atoms with Gasteiger partial charge in [0.25, 0.3) is 0 Å². The van der Waals surface area contributed by atoms with Crippen LogP contribution >= 0.6 is 0 Å². The number of hydrogen-bond acceptors (Lipinski definition) is 17. The molecule has 3 aliphatic heterocycles. The molecular formula is C30H48O17. The number of carbonyl (C=O) groups excluding carboxylic acids is 6. The molecule has 270 valence electrons. The molecule has 0 bridgehead atoms. The van der Waals surface area contributed by atoms with E-state index in [4.69, 9.17) is 42.6 Å². The lowest BCUT2D eigenvalue weighted by atomic mass is 9.90. The Morgan fingerprint density at radius 2 is 0.957 bits per heavy atom. The van der Waals surface area contributed by atoms with Gasteiger partial charge < -0.3 is 52.8 Å². The quantitative estimate of drug-likeness (QED) is 0.260. The summed E-state index contributed by atoms with van der Waals surface area (Å²) in [7, 11) is 0. The minimum Gasteiger partial charge on any atom is -0.463 e. The van der Waals surface area contributed by atoms with Crippen LogP contribution in [0.2, 0.25) is 0 Å². The van der Waals surface area contributed by atoms with E-state index in [-0.39, 0.29) is 13.2 Å². The van der Waals surface area contributed by atoms with Gasteiger partial charge in [-0.2, -0.15) is 0 Å². The summed E-state index contributed by atoms with van der Waals surface area (Å²) >= 11 is 0. The highest BCUT2D eigenvalue weighted by molar-refractivity contribution is 5.68. The van der Waals surface area contributed by atoms with Gasteiger partial charge in [-0.3, -0.25) is 28.8 Å². The molecule has 3 heterocycles. The normalized spacial score (nSPS) is 31.3.